The fraction of sp³-hybridized carbons (Fsp3) is 1.00. The predicted molar refractivity (Wildman–Crippen MR) is 65.9 cm³/mol. The Morgan fingerprint density at radius 1 is 1.12 bits per heavy atom. The van der Waals surface area contributed by atoms with Crippen LogP contribution in [0.3, 0.4) is 0 Å². The Morgan fingerprint density at radius 3 is 2.53 bits per heavy atom. The summed E-state index contributed by atoms with van der Waals surface area (Å²) in [5.74, 6) is 0.914. The van der Waals surface area contributed by atoms with Crippen LogP contribution in [-0.4, -0.2) is 45.2 Å². The van der Waals surface area contributed by atoms with E-state index >= 15 is 0 Å². The molecule has 2 fully saturated rings. The Kier molecular flexibility index (Phi) is 5.22. The highest BCUT2D eigenvalue weighted by atomic mass is 16.6. The molecule has 2 rings (SSSR count). The van der Waals surface area contributed by atoms with Gasteiger partial charge in [-0.3, -0.25) is 0 Å². The molecule has 3 atom stereocenters. The summed E-state index contributed by atoms with van der Waals surface area (Å²) in [6.07, 6.45) is 6.61. The summed E-state index contributed by atoms with van der Waals surface area (Å²) in [6.45, 7) is 2.10. The molecule has 4 nitrogen and oxygen atoms in total. The highest BCUT2D eigenvalue weighted by Gasteiger charge is 2.40. The minimum atomic E-state index is 0.0755. The molecule has 0 radical (unpaired) electrons. The molecule has 0 saturated heterocycles. The van der Waals surface area contributed by atoms with E-state index in [0.717, 1.165) is 18.9 Å². The van der Waals surface area contributed by atoms with Gasteiger partial charge < -0.3 is 19.9 Å². The molecule has 100 valence electrons. The van der Waals surface area contributed by atoms with Gasteiger partial charge in [-0.05, 0) is 18.8 Å². The molecular weight excluding hydrogens is 218 g/mol. The van der Waals surface area contributed by atoms with Gasteiger partial charge in [-0.1, -0.05) is 19.3 Å². The number of ether oxygens (including phenoxy) is 3. The molecule has 2 aliphatic rings. The van der Waals surface area contributed by atoms with E-state index in [2.05, 4.69) is 0 Å². The number of hydrogen-bond acceptors (Lipinski definition) is 4. The zero-order valence-corrected chi connectivity index (χ0v) is 10.8. The summed E-state index contributed by atoms with van der Waals surface area (Å²) in [4.78, 5) is 0. The molecule has 4 heteroatoms. The Balaban J connectivity index is 1.55. The lowest BCUT2D eigenvalue weighted by molar-refractivity contribution is -0.146. The summed E-state index contributed by atoms with van der Waals surface area (Å²) in [6, 6.07) is 0.139. The number of methoxy groups -OCH3 is 1. The number of nitrogens with two attached hydrogens (primary N) is 1. The maximum absolute atomic E-state index is 5.92. The second kappa shape index (κ2) is 6.69. The summed E-state index contributed by atoms with van der Waals surface area (Å²) < 4.78 is 16.5. The Bertz CT molecular complexity index is 221. The van der Waals surface area contributed by atoms with Crippen molar-refractivity contribution in [2.45, 2.75) is 50.4 Å². The highest BCUT2D eigenvalue weighted by molar-refractivity contribution is 4.95. The summed E-state index contributed by atoms with van der Waals surface area (Å²) >= 11 is 0. The molecule has 0 aromatic rings. The van der Waals surface area contributed by atoms with Gasteiger partial charge in [-0.25, -0.2) is 0 Å². The molecule has 0 aliphatic heterocycles. The fourth-order valence-corrected chi connectivity index (χ4v) is 2.45. The van der Waals surface area contributed by atoms with Gasteiger partial charge >= 0.3 is 0 Å². The van der Waals surface area contributed by atoms with E-state index in [1.54, 1.807) is 7.11 Å². The Morgan fingerprint density at radius 2 is 1.94 bits per heavy atom. The number of rotatable bonds is 8. The van der Waals surface area contributed by atoms with Gasteiger partial charge in [0.05, 0.1) is 25.4 Å². The van der Waals surface area contributed by atoms with Crippen molar-refractivity contribution in [3.63, 3.8) is 0 Å². The van der Waals surface area contributed by atoms with E-state index < -0.39 is 0 Å². The van der Waals surface area contributed by atoms with Crippen molar-refractivity contribution < 1.29 is 14.2 Å². The van der Waals surface area contributed by atoms with Crippen molar-refractivity contribution in [2.24, 2.45) is 11.7 Å². The standard InChI is InChI=1S/C13H25NO3/c1-15-7-8-17-13-11(14)9-12(13)16-6-5-10-3-2-4-10/h10-13H,2-9,14H2,1H3. The van der Waals surface area contributed by atoms with Crippen LogP contribution in [0.4, 0.5) is 0 Å². The van der Waals surface area contributed by atoms with Gasteiger partial charge in [0.2, 0.25) is 0 Å². The molecule has 2 N–H and O–H groups in total. The van der Waals surface area contributed by atoms with Gasteiger partial charge in [-0.15, -0.1) is 0 Å². The maximum Gasteiger partial charge on any atom is 0.0989 e. The van der Waals surface area contributed by atoms with Gasteiger partial charge in [0.1, 0.15) is 0 Å². The van der Waals surface area contributed by atoms with E-state index in [9.17, 15) is 0 Å². The third-order valence-electron chi connectivity index (χ3n) is 3.97. The first kappa shape index (κ1) is 13.3. The lowest BCUT2D eigenvalue weighted by atomic mass is 9.83. The normalized spacial score (nSPS) is 33.2. The van der Waals surface area contributed by atoms with Crippen LogP contribution in [0.5, 0.6) is 0 Å². The summed E-state index contributed by atoms with van der Waals surface area (Å²) in [5.41, 5.74) is 5.92. The van der Waals surface area contributed by atoms with Crippen molar-refractivity contribution in [3.05, 3.63) is 0 Å². The monoisotopic (exact) mass is 243 g/mol. The first-order valence-corrected chi connectivity index (χ1v) is 6.79. The molecule has 2 saturated carbocycles. The van der Waals surface area contributed by atoms with Crippen molar-refractivity contribution >= 4 is 0 Å². The van der Waals surface area contributed by atoms with Gasteiger partial charge in [0, 0.05) is 19.8 Å². The van der Waals surface area contributed by atoms with Crippen molar-refractivity contribution in [3.8, 4) is 0 Å². The van der Waals surface area contributed by atoms with Crippen LogP contribution < -0.4 is 5.73 Å². The molecule has 0 spiro atoms. The molecule has 17 heavy (non-hydrogen) atoms. The first-order valence-electron chi connectivity index (χ1n) is 6.79. The van der Waals surface area contributed by atoms with E-state index in [1.807, 2.05) is 0 Å². The lowest BCUT2D eigenvalue weighted by Gasteiger charge is -2.42. The van der Waals surface area contributed by atoms with Crippen molar-refractivity contribution in [2.75, 3.05) is 26.9 Å². The molecule has 2 aliphatic carbocycles. The molecule has 0 heterocycles. The predicted octanol–water partition coefficient (Wildman–Crippen LogP) is 1.32. The van der Waals surface area contributed by atoms with Crippen LogP contribution in [0.15, 0.2) is 0 Å². The Labute approximate surface area is 104 Å². The minimum absolute atomic E-state index is 0.0755. The van der Waals surface area contributed by atoms with Crippen molar-refractivity contribution in [1.82, 2.24) is 0 Å². The molecule has 0 aromatic carbocycles. The Hall–Kier alpha value is -0.160. The quantitative estimate of drug-likeness (QED) is 0.653. The topological polar surface area (TPSA) is 53.7 Å². The van der Waals surface area contributed by atoms with Crippen LogP contribution in [0.25, 0.3) is 0 Å². The second-order valence-electron chi connectivity index (χ2n) is 5.22. The molecule has 0 aromatic heterocycles. The fourth-order valence-electron chi connectivity index (χ4n) is 2.45. The average Bonchev–Trinajstić information content (AvgIpc) is 2.26. The smallest absolute Gasteiger partial charge is 0.0989 e. The zero-order chi connectivity index (χ0) is 12.1. The van der Waals surface area contributed by atoms with E-state index in [4.69, 9.17) is 19.9 Å². The summed E-state index contributed by atoms with van der Waals surface area (Å²) in [5, 5.41) is 0. The second-order valence-corrected chi connectivity index (χ2v) is 5.22. The van der Waals surface area contributed by atoms with Gasteiger partial charge in [0.25, 0.3) is 0 Å². The zero-order valence-electron chi connectivity index (χ0n) is 10.8. The SMILES string of the molecule is COCCOC1C(N)CC1OCCC1CCC1. The molecule has 0 bridgehead atoms. The van der Waals surface area contributed by atoms with Crippen molar-refractivity contribution in [1.29, 1.82) is 0 Å². The molecule has 0 amide bonds. The van der Waals surface area contributed by atoms with Crippen LogP contribution in [-0.2, 0) is 14.2 Å². The molecular formula is C13H25NO3. The molecule has 3 unspecified atom stereocenters. The average molecular weight is 243 g/mol. The highest BCUT2D eigenvalue weighted by Crippen LogP contribution is 2.31. The lowest BCUT2D eigenvalue weighted by Crippen LogP contribution is -2.58. The van der Waals surface area contributed by atoms with E-state index in [0.29, 0.717) is 13.2 Å². The number of hydrogen-bond donors (Lipinski definition) is 1. The van der Waals surface area contributed by atoms with Crippen LogP contribution in [0.2, 0.25) is 0 Å². The van der Waals surface area contributed by atoms with Crippen LogP contribution in [0, 0.1) is 5.92 Å². The summed E-state index contributed by atoms with van der Waals surface area (Å²) in [7, 11) is 1.68. The van der Waals surface area contributed by atoms with Crippen LogP contribution in [0.1, 0.15) is 32.1 Å². The third kappa shape index (κ3) is 3.65. The van der Waals surface area contributed by atoms with E-state index in [-0.39, 0.29) is 18.2 Å². The van der Waals surface area contributed by atoms with Crippen LogP contribution >= 0.6 is 0 Å². The first-order chi connectivity index (χ1) is 8.31. The van der Waals surface area contributed by atoms with Gasteiger partial charge in [-0.2, -0.15) is 0 Å². The van der Waals surface area contributed by atoms with E-state index in [1.165, 1.54) is 25.7 Å². The largest absolute Gasteiger partial charge is 0.382 e. The maximum atomic E-state index is 5.92. The third-order valence-corrected chi connectivity index (χ3v) is 3.97. The van der Waals surface area contributed by atoms with Gasteiger partial charge in [0.15, 0.2) is 0 Å². The minimum Gasteiger partial charge on any atom is -0.382 e.